The van der Waals surface area contributed by atoms with Gasteiger partial charge < -0.3 is 4.74 Å². The average Bonchev–Trinajstić information content (AvgIpc) is 3.06. The van der Waals surface area contributed by atoms with E-state index in [9.17, 15) is 0 Å². The Hall–Kier alpha value is -1.83. The van der Waals surface area contributed by atoms with Crippen LogP contribution in [0.1, 0.15) is 63.8 Å². The minimum absolute atomic E-state index is 0.0568. The van der Waals surface area contributed by atoms with Gasteiger partial charge in [0.1, 0.15) is 5.75 Å². The fourth-order valence-corrected chi connectivity index (χ4v) is 3.32. The van der Waals surface area contributed by atoms with Gasteiger partial charge in [0.05, 0.1) is 6.26 Å². The molecule has 0 saturated carbocycles. The molecule has 0 bridgehead atoms. The summed E-state index contributed by atoms with van der Waals surface area (Å²) in [6.07, 6.45) is 8.57. The predicted octanol–water partition coefficient (Wildman–Crippen LogP) is 8.29. The van der Waals surface area contributed by atoms with Gasteiger partial charge in [-0.1, -0.05) is 71.4 Å². The van der Waals surface area contributed by atoms with Crippen LogP contribution in [0.2, 0.25) is 0 Å². The number of allylic oxidation sites excluding steroid dienone is 4. The Morgan fingerprint density at radius 1 is 0.867 bits per heavy atom. The first-order valence-corrected chi connectivity index (χ1v) is 11.5. The molecule has 1 unspecified atom stereocenters. The van der Waals surface area contributed by atoms with Crippen molar-refractivity contribution in [3.63, 3.8) is 0 Å². The predicted molar refractivity (Wildman–Crippen MR) is 126 cm³/mol. The van der Waals surface area contributed by atoms with Gasteiger partial charge in [-0.15, -0.1) is 0 Å². The van der Waals surface area contributed by atoms with Crippen molar-refractivity contribution in [2.45, 2.75) is 52.7 Å². The molecule has 0 radical (unpaired) electrons. The molecule has 30 heavy (non-hydrogen) atoms. The minimum atomic E-state index is 0.0568. The number of ether oxygens (including phenoxy) is 1. The van der Waals surface area contributed by atoms with Crippen molar-refractivity contribution in [1.82, 2.24) is 0 Å². The van der Waals surface area contributed by atoms with E-state index in [-0.39, 0.29) is 10.8 Å². The van der Waals surface area contributed by atoms with Crippen LogP contribution in [0.15, 0.2) is 84.2 Å². The molecule has 1 nitrogen and oxygen atoms in total. The van der Waals surface area contributed by atoms with Crippen LogP contribution in [-0.4, -0.2) is 0 Å². The molecule has 0 fully saturated rings. The summed E-state index contributed by atoms with van der Waals surface area (Å²) in [4.78, 5) is 0. The van der Waals surface area contributed by atoms with Crippen LogP contribution in [0.25, 0.3) is 6.08 Å². The van der Waals surface area contributed by atoms with Crippen LogP contribution in [0.4, 0.5) is 0 Å². The molecular formula is C28H35OTi. The summed E-state index contributed by atoms with van der Waals surface area (Å²) in [6, 6.07) is 18.4. The van der Waals surface area contributed by atoms with Gasteiger partial charge in [0, 0.05) is 0 Å². The third kappa shape index (κ3) is 7.45. The van der Waals surface area contributed by atoms with E-state index in [0.717, 1.165) is 5.75 Å². The van der Waals surface area contributed by atoms with Crippen molar-refractivity contribution in [1.29, 1.82) is 0 Å². The molecule has 0 heterocycles. The summed E-state index contributed by atoms with van der Waals surface area (Å²) < 4.78 is 6.42. The van der Waals surface area contributed by atoms with E-state index in [1.165, 1.54) is 22.3 Å². The van der Waals surface area contributed by atoms with Crippen LogP contribution >= 0.6 is 0 Å². The SMILES string of the molecule is CC(=CC(=COc1ccccc1)C(C)(C)C)C(C)(C)C.[Ti][CH]1C=Cc2ccccc21. The molecule has 0 aromatic heterocycles. The molecule has 1 aliphatic rings. The zero-order valence-corrected chi connectivity index (χ0v) is 21.1. The molecule has 2 aromatic carbocycles. The zero-order valence-electron chi connectivity index (χ0n) is 19.5. The summed E-state index contributed by atoms with van der Waals surface area (Å²) in [7, 11) is 0. The van der Waals surface area contributed by atoms with Crippen molar-refractivity contribution in [3.8, 4) is 5.75 Å². The van der Waals surface area contributed by atoms with Crippen molar-refractivity contribution < 1.29 is 25.2 Å². The van der Waals surface area contributed by atoms with E-state index in [4.69, 9.17) is 4.74 Å². The Morgan fingerprint density at radius 3 is 2.03 bits per heavy atom. The number of para-hydroxylation sites is 1. The Bertz CT molecular complexity index is 906. The Kier molecular flexibility index (Phi) is 8.53. The maximum atomic E-state index is 5.80. The third-order valence-electron chi connectivity index (χ3n) is 5.29. The maximum absolute atomic E-state index is 5.80. The Balaban J connectivity index is 0.000000263. The number of hydrogen-bond donors (Lipinski definition) is 0. The number of benzene rings is 2. The van der Waals surface area contributed by atoms with Crippen LogP contribution in [0, 0.1) is 10.8 Å². The van der Waals surface area contributed by atoms with Gasteiger partial charge in [-0.2, -0.15) is 0 Å². The molecule has 0 spiro atoms. The summed E-state index contributed by atoms with van der Waals surface area (Å²) in [5.41, 5.74) is 5.64. The molecule has 2 aromatic rings. The second kappa shape index (κ2) is 10.5. The van der Waals surface area contributed by atoms with E-state index >= 15 is 0 Å². The topological polar surface area (TPSA) is 9.23 Å². The fourth-order valence-electron chi connectivity index (χ4n) is 2.76. The van der Waals surface area contributed by atoms with Crippen LogP contribution < -0.4 is 4.74 Å². The Morgan fingerprint density at radius 2 is 1.47 bits per heavy atom. The molecule has 0 saturated heterocycles. The first kappa shape index (κ1) is 24.4. The molecule has 0 aliphatic heterocycles. The quantitative estimate of drug-likeness (QED) is 0.268. The van der Waals surface area contributed by atoms with Gasteiger partial charge >= 0.3 is 72.2 Å². The second-order valence-electron chi connectivity index (χ2n) is 9.80. The first-order valence-electron chi connectivity index (χ1n) is 10.6. The van der Waals surface area contributed by atoms with E-state index in [2.05, 4.69) is 111 Å². The van der Waals surface area contributed by atoms with E-state index < -0.39 is 0 Å². The number of fused-ring (bicyclic) bond motifs is 1. The van der Waals surface area contributed by atoms with Crippen molar-refractivity contribution in [3.05, 3.63) is 95.3 Å². The van der Waals surface area contributed by atoms with Crippen LogP contribution in [0.5, 0.6) is 5.75 Å². The summed E-state index contributed by atoms with van der Waals surface area (Å²) in [5.74, 6) is 0.871. The van der Waals surface area contributed by atoms with E-state index in [0.29, 0.717) is 4.22 Å². The molecular weight excluding hydrogens is 400 g/mol. The van der Waals surface area contributed by atoms with Gasteiger partial charge in [-0.25, -0.2) is 0 Å². The van der Waals surface area contributed by atoms with Gasteiger partial charge in [0.25, 0.3) is 0 Å². The fraction of sp³-hybridized carbons (Fsp3) is 0.357. The van der Waals surface area contributed by atoms with Crippen molar-refractivity contribution in [2.24, 2.45) is 10.8 Å². The summed E-state index contributed by atoms with van der Waals surface area (Å²) in [5, 5.41) is 0. The number of rotatable bonds is 3. The standard InChI is InChI=1S/C19H28O.C9H7.Ti/c1-15(18(2,3)4)13-16(19(5,6)7)14-20-17-11-9-8-10-12-17;1-2-5-9-7-3-6-8(9)4-1;/h8-14H,1-7H3;1-7H;. The summed E-state index contributed by atoms with van der Waals surface area (Å²) in [6.45, 7) is 15.5. The molecule has 157 valence electrons. The van der Waals surface area contributed by atoms with Gasteiger partial charge in [0.2, 0.25) is 0 Å². The molecule has 0 amide bonds. The second-order valence-corrected chi connectivity index (χ2v) is 10.8. The molecule has 0 N–H and O–H groups in total. The summed E-state index contributed by atoms with van der Waals surface area (Å²) >= 11 is 2.22. The first-order chi connectivity index (χ1) is 14.0. The van der Waals surface area contributed by atoms with Crippen molar-refractivity contribution in [2.75, 3.05) is 0 Å². The monoisotopic (exact) mass is 435 g/mol. The zero-order chi connectivity index (χ0) is 22.4. The average molecular weight is 435 g/mol. The van der Waals surface area contributed by atoms with Gasteiger partial charge in [-0.3, -0.25) is 0 Å². The normalized spacial score (nSPS) is 16.5. The number of hydrogen-bond acceptors (Lipinski definition) is 1. The van der Waals surface area contributed by atoms with E-state index in [1.807, 2.05) is 36.6 Å². The third-order valence-corrected chi connectivity index (χ3v) is 6.07. The van der Waals surface area contributed by atoms with Crippen LogP contribution in [-0.2, 0) is 20.4 Å². The molecule has 1 atom stereocenters. The van der Waals surface area contributed by atoms with Crippen LogP contribution in [0.3, 0.4) is 0 Å². The van der Waals surface area contributed by atoms with Crippen molar-refractivity contribution >= 4 is 6.08 Å². The Labute approximate surface area is 195 Å². The molecule has 1 aliphatic carbocycles. The molecule has 2 heteroatoms. The van der Waals surface area contributed by atoms with E-state index in [1.54, 1.807) is 0 Å². The molecule has 3 rings (SSSR count). The van der Waals surface area contributed by atoms with Gasteiger partial charge in [0.15, 0.2) is 0 Å². The van der Waals surface area contributed by atoms with Gasteiger partial charge in [-0.05, 0) is 35.5 Å².